The maximum absolute atomic E-state index is 4.81. The van der Waals surface area contributed by atoms with Gasteiger partial charge in [0.1, 0.15) is 0 Å². The Labute approximate surface area is 175 Å². The first kappa shape index (κ1) is 19.0. The molecule has 4 aliphatic rings. The summed E-state index contributed by atoms with van der Waals surface area (Å²) in [5.41, 5.74) is 3.20. The van der Waals surface area contributed by atoms with E-state index in [1.165, 1.54) is 24.9 Å². The summed E-state index contributed by atoms with van der Waals surface area (Å²) in [6.07, 6.45) is 10.2. The van der Waals surface area contributed by atoms with E-state index < -0.39 is 0 Å². The molecule has 4 atom stereocenters. The van der Waals surface area contributed by atoms with Crippen LogP contribution in [0.5, 0.6) is 0 Å². The van der Waals surface area contributed by atoms with Crippen molar-refractivity contribution in [1.29, 1.82) is 0 Å². The molecular weight excluding hydrogens is 358 g/mol. The van der Waals surface area contributed by atoms with Gasteiger partial charge in [-0.2, -0.15) is 0 Å². The van der Waals surface area contributed by atoms with E-state index in [2.05, 4.69) is 77.7 Å². The van der Waals surface area contributed by atoms with E-state index in [0.29, 0.717) is 16.9 Å². The number of hydrogen-bond acceptors (Lipinski definition) is 5. The molecule has 1 aromatic rings. The van der Waals surface area contributed by atoms with E-state index in [9.17, 15) is 0 Å². The lowest BCUT2D eigenvalue weighted by atomic mass is 9.69. The number of nitrogens with one attached hydrogen (secondary N) is 2. The molecule has 2 N–H and O–H groups in total. The molecule has 4 unspecified atom stereocenters. The summed E-state index contributed by atoms with van der Waals surface area (Å²) in [4.78, 5) is 9.75. The quantitative estimate of drug-likeness (QED) is 0.814. The van der Waals surface area contributed by atoms with Crippen LogP contribution in [-0.2, 0) is 0 Å². The number of hydrogen-bond donors (Lipinski definition) is 2. The fourth-order valence-electron chi connectivity index (χ4n) is 6.27. The summed E-state index contributed by atoms with van der Waals surface area (Å²) in [6, 6.07) is 9.43. The van der Waals surface area contributed by atoms with Crippen molar-refractivity contribution in [3.05, 3.63) is 36.5 Å². The van der Waals surface area contributed by atoms with E-state index in [0.717, 1.165) is 37.8 Å². The minimum atomic E-state index is -0.0259. The molecular formula is C24H35N5. The SMILES string of the molecule is CC1(C)C2CCC1(C)C(N1C=CC=NC1Nc1ccc(N3CCNCC3)cc1)C2. The van der Waals surface area contributed by atoms with Gasteiger partial charge in [-0.05, 0) is 66.4 Å². The van der Waals surface area contributed by atoms with Gasteiger partial charge in [-0.25, -0.2) is 4.99 Å². The number of fused-ring (bicyclic) bond motifs is 2. The molecule has 156 valence electrons. The Morgan fingerprint density at radius 3 is 2.52 bits per heavy atom. The second kappa shape index (κ2) is 7.05. The van der Waals surface area contributed by atoms with Gasteiger partial charge in [0.25, 0.3) is 0 Å². The lowest BCUT2D eigenvalue weighted by Gasteiger charge is -2.46. The third-order valence-corrected chi connectivity index (χ3v) is 8.61. The lowest BCUT2D eigenvalue weighted by molar-refractivity contribution is 0.0545. The molecule has 2 bridgehead atoms. The first-order chi connectivity index (χ1) is 14.0. The van der Waals surface area contributed by atoms with Gasteiger partial charge in [0.15, 0.2) is 6.29 Å². The molecule has 0 aromatic heterocycles. The minimum absolute atomic E-state index is 0.0259. The predicted molar refractivity (Wildman–Crippen MR) is 121 cm³/mol. The van der Waals surface area contributed by atoms with Crippen molar-refractivity contribution in [2.24, 2.45) is 21.7 Å². The van der Waals surface area contributed by atoms with Crippen molar-refractivity contribution < 1.29 is 0 Å². The number of aliphatic imine (C=N–C) groups is 1. The highest BCUT2D eigenvalue weighted by molar-refractivity contribution is 5.72. The van der Waals surface area contributed by atoms with Crippen LogP contribution in [0.3, 0.4) is 0 Å². The summed E-state index contributed by atoms with van der Waals surface area (Å²) in [7, 11) is 0. The molecule has 1 saturated heterocycles. The van der Waals surface area contributed by atoms with Crippen LogP contribution in [-0.4, -0.2) is 49.6 Å². The molecule has 2 saturated carbocycles. The Morgan fingerprint density at radius 1 is 1.10 bits per heavy atom. The Morgan fingerprint density at radius 2 is 1.86 bits per heavy atom. The third-order valence-electron chi connectivity index (χ3n) is 8.61. The Kier molecular flexibility index (Phi) is 4.61. The van der Waals surface area contributed by atoms with Gasteiger partial charge >= 0.3 is 0 Å². The van der Waals surface area contributed by atoms with Crippen LogP contribution >= 0.6 is 0 Å². The van der Waals surface area contributed by atoms with E-state index in [1.807, 2.05) is 6.21 Å². The number of allylic oxidation sites excluding steroid dienone is 1. The van der Waals surface area contributed by atoms with Crippen LogP contribution in [0.15, 0.2) is 41.5 Å². The number of anilines is 2. The molecule has 5 rings (SSSR count). The number of rotatable bonds is 4. The molecule has 5 heteroatoms. The molecule has 1 aromatic carbocycles. The Balaban J connectivity index is 1.31. The zero-order chi connectivity index (χ0) is 20.1. The molecule has 5 nitrogen and oxygen atoms in total. The smallest absolute Gasteiger partial charge is 0.196 e. The zero-order valence-electron chi connectivity index (χ0n) is 18.1. The van der Waals surface area contributed by atoms with E-state index in [1.54, 1.807) is 0 Å². The van der Waals surface area contributed by atoms with Gasteiger partial charge < -0.3 is 20.4 Å². The molecule has 0 radical (unpaired) electrons. The lowest BCUT2D eigenvalue weighted by Crippen LogP contribution is -2.51. The third kappa shape index (κ3) is 3.05. The van der Waals surface area contributed by atoms with Crippen LogP contribution in [0.2, 0.25) is 0 Å². The standard InChI is InChI=1S/C24H35N5/c1-23(2)18-9-10-24(23,3)21(17-18)29-14-4-11-26-22(29)27-19-5-7-20(8-6-19)28-15-12-25-13-16-28/h4-8,11,14,18,21-22,25,27H,9-10,12-13,15-17H2,1-3H3. The van der Waals surface area contributed by atoms with Crippen molar-refractivity contribution in [3.63, 3.8) is 0 Å². The minimum Gasteiger partial charge on any atom is -0.369 e. The van der Waals surface area contributed by atoms with Gasteiger partial charge in [-0.1, -0.05) is 20.8 Å². The molecule has 3 fully saturated rings. The Hall–Kier alpha value is -2.01. The molecule has 0 amide bonds. The highest BCUT2D eigenvalue weighted by atomic mass is 15.4. The van der Waals surface area contributed by atoms with E-state index >= 15 is 0 Å². The number of nitrogens with zero attached hydrogens (tertiary/aromatic N) is 3. The predicted octanol–water partition coefficient (Wildman–Crippen LogP) is 3.91. The summed E-state index contributed by atoms with van der Waals surface area (Å²) in [5, 5.41) is 7.11. The maximum atomic E-state index is 4.81. The molecule has 29 heavy (non-hydrogen) atoms. The van der Waals surface area contributed by atoms with Crippen molar-refractivity contribution in [2.75, 3.05) is 36.4 Å². The summed E-state index contributed by atoms with van der Waals surface area (Å²) in [6.45, 7) is 11.8. The highest BCUT2D eigenvalue weighted by Gasteiger charge is 2.63. The fraction of sp³-hybridized carbons (Fsp3) is 0.625. The monoisotopic (exact) mass is 393 g/mol. The van der Waals surface area contributed by atoms with Crippen LogP contribution < -0.4 is 15.5 Å². The first-order valence-electron chi connectivity index (χ1n) is 11.3. The van der Waals surface area contributed by atoms with Crippen LogP contribution in [0.1, 0.15) is 40.0 Å². The Bertz CT molecular complexity index is 792. The largest absolute Gasteiger partial charge is 0.369 e. The highest BCUT2D eigenvalue weighted by Crippen LogP contribution is 2.66. The van der Waals surface area contributed by atoms with Crippen LogP contribution in [0.25, 0.3) is 0 Å². The summed E-state index contributed by atoms with van der Waals surface area (Å²) < 4.78 is 0. The first-order valence-corrected chi connectivity index (χ1v) is 11.3. The molecule has 0 spiro atoms. The van der Waals surface area contributed by atoms with Gasteiger partial charge in [0.05, 0.1) is 0 Å². The average Bonchev–Trinajstić information content (AvgIpc) is 3.09. The summed E-state index contributed by atoms with van der Waals surface area (Å²) >= 11 is 0. The van der Waals surface area contributed by atoms with Crippen LogP contribution in [0, 0.1) is 16.7 Å². The van der Waals surface area contributed by atoms with Gasteiger partial charge in [-0.15, -0.1) is 0 Å². The average molecular weight is 394 g/mol. The second-order valence-electron chi connectivity index (χ2n) is 10.0. The number of piperazine rings is 1. The molecule has 2 aliphatic carbocycles. The van der Waals surface area contributed by atoms with Gasteiger partial charge in [0, 0.05) is 56.0 Å². The normalized spacial score (nSPS) is 35.3. The van der Waals surface area contributed by atoms with Crippen molar-refractivity contribution in [3.8, 4) is 0 Å². The van der Waals surface area contributed by atoms with Gasteiger partial charge in [0.2, 0.25) is 0 Å². The maximum Gasteiger partial charge on any atom is 0.196 e. The van der Waals surface area contributed by atoms with Crippen molar-refractivity contribution in [1.82, 2.24) is 10.2 Å². The molecule has 2 aliphatic heterocycles. The van der Waals surface area contributed by atoms with Crippen LogP contribution in [0.4, 0.5) is 11.4 Å². The second-order valence-corrected chi connectivity index (χ2v) is 10.0. The number of benzene rings is 1. The van der Waals surface area contributed by atoms with E-state index in [-0.39, 0.29) is 6.29 Å². The van der Waals surface area contributed by atoms with Gasteiger partial charge in [-0.3, -0.25) is 0 Å². The van der Waals surface area contributed by atoms with Crippen molar-refractivity contribution >= 4 is 17.6 Å². The van der Waals surface area contributed by atoms with Crippen molar-refractivity contribution in [2.45, 2.75) is 52.4 Å². The topological polar surface area (TPSA) is 42.9 Å². The van der Waals surface area contributed by atoms with E-state index in [4.69, 9.17) is 4.99 Å². The fourth-order valence-corrected chi connectivity index (χ4v) is 6.27. The zero-order valence-corrected chi connectivity index (χ0v) is 18.1. The summed E-state index contributed by atoms with van der Waals surface area (Å²) in [5.74, 6) is 0.829. The molecule has 2 heterocycles.